The van der Waals surface area contributed by atoms with Crippen LogP contribution in [0.1, 0.15) is 41.9 Å². The van der Waals surface area contributed by atoms with E-state index < -0.39 is 0 Å². The summed E-state index contributed by atoms with van der Waals surface area (Å²) < 4.78 is 0. The standard InChI is InChI=1S/C15H21N3O2/c1-11(19)18-9-7-12(8-10-18)13-5-4-6-14(16-13)15(20)17(2)3/h4-6,12H,7-10H2,1-3H3. The fourth-order valence-electron chi connectivity index (χ4n) is 2.52. The second-order valence-electron chi connectivity index (χ2n) is 5.43. The van der Waals surface area contributed by atoms with Crippen LogP contribution in [0.4, 0.5) is 0 Å². The van der Waals surface area contributed by atoms with Gasteiger partial charge in [0.25, 0.3) is 5.91 Å². The molecule has 20 heavy (non-hydrogen) atoms. The van der Waals surface area contributed by atoms with Crippen molar-refractivity contribution in [3.05, 3.63) is 29.6 Å². The summed E-state index contributed by atoms with van der Waals surface area (Å²) in [5, 5.41) is 0. The van der Waals surface area contributed by atoms with Crippen molar-refractivity contribution in [2.75, 3.05) is 27.2 Å². The lowest BCUT2D eigenvalue weighted by Crippen LogP contribution is -2.36. The average molecular weight is 275 g/mol. The smallest absolute Gasteiger partial charge is 0.271 e. The van der Waals surface area contributed by atoms with E-state index in [9.17, 15) is 9.59 Å². The summed E-state index contributed by atoms with van der Waals surface area (Å²) in [5.41, 5.74) is 1.45. The van der Waals surface area contributed by atoms with E-state index in [4.69, 9.17) is 0 Å². The Balaban J connectivity index is 2.09. The van der Waals surface area contributed by atoms with E-state index in [0.29, 0.717) is 11.6 Å². The lowest BCUT2D eigenvalue weighted by atomic mass is 9.93. The second kappa shape index (κ2) is 6.03. The lowest BCUT2D eigenvalue weighted by molar-refractivity contribution is -0.129. The number of hydrogen-bond donors (Lipinski definition) is 0. The molecule has 5 nitrogen and oxygen atoms in total. The van der Waals surface area contributed by atoms with Crippen molar-refractivity contribution in [1.82, 2.24) is 14.8 Å². The zero-order chi connectivity index (χ0) is 14.7. The molecule has 0 spiro atoms. The Hall–Kier alpha value is -1.91. The molecule has 0 radical (unpaired) electrons. The van der Waals surface area contributed by atoms with Gasteiger partial charge in [-0.1, -0.05) is 6.07 Å². The van der Waals surface area contributed by atoms with Crippen LogP contribution in [-0.2, 0) is 4.79 Å². The van der Waals surface area contributed by atoms with Crippen LogP contribution in [0.3, 0.4) is 0 Å². The molecule has 0 aromatic carbocycles. The van der Waals surface area contributed by atoms with Crippen LogP contribution in [0.15, 0.2) is 18.2 Å². The Morgan fingerprint density at radius 1 is 1.25 bits per heavy atom. The molecule has 0 N–H and O–H groups in total. The number of amides is 2. The molecule has 1 aliphatic heterocycles. The third-order valence-corrected chi connectivity index (χ3v) is 3.75. The summed E-state index contributed by atoms with van der Waals surface area (Å²) in [5.74, 6) is 0.390. The van der Waals surface area contributed by atoms with Gasteiger partial charge in [-0.15, -0.1) is 0 Å². The van der Waals surface area contributed by atoms with Gasteiger partial charge >= 0.3 is 0 Å². The number of rotatable bonds is 2. The van der Waals surface area contributed by atoms with Gasteiger partial charge in [-0.25, -0.2) is 4.98 Å². The van der Waals surface area contributed by atoms with E-state index in [1.807, 2.05) is 17.0 Å². The maximum Gasteiger partial charge on any atom is 0.271 e. The monoisotopic (exact) mass is 275 g/mol. The van der Waals surface area contributed by atoms with Crippen molar-refractivity contribution in [3.63, 3.8) is 0 Å². The van der Waals surface area contributed by atoms with E-state index in [-0.39, 0.29) is 11.8 Å². The molecule has 0 bridgehead atoms. The van der Waals surface area contributed by atoms with Crippen LogP contribution in [0, 0.1) is 0 Å². The van der Waals surface area contributed by atoms with E-state index in [0.717, 1.165) is 31.6 Å². The fourth-order valence-corrected chi connectivity index (χ4v) is 2.52. The van der Waals surface area contributed by atoms with Gasteiger partial charge in [0.2, 0.25) is 5.91 Å². The number of hydrogen-bond acceptors (Lipinski definition) is 3. The predicted octanol–water partition coefficient (Wildman–Crippen LogP) is 1.51. The zero-order valence-electron chi connectivity index (χ0n) is 12.3. The second-order valence-corrected chi connectivity index (χ2v) is 5.43. The Morgan fingerprint density at radius 2 is 1.90 bits per heavy atom. The lowest BCUT2D eigenvalue weighted by Gasteiger charge is -2.31. The SMILES string of the molecule is CC(=O)N1CCC(c2cccc(C(=O)N(C)C)n2)CC1. The van der Waals surface area contributed by atoms with Crippen molar-refractivity contribution < 1.29 is 9.59 Å². The van der Waals surface area contributed by atoms with Crippen LogP contribution in [-0.4, -0.2) is 53.8 Å². The molecule has 2 amide bonds. The molecule has 2 heterocycles. The largest absolute Gasteiger partial charge is 0.343 e. The van der Waals surface area contributed by atoms with Gasteiger partial charge in [-0.3, -0.25) is 9.59 Å². The summed E-state index contributed by atoms with van der Waals surface area (Å²) in [7, 11) is 3.45. The number of aromatic nitrogens is 1. The van der Waals surface area contributed by atoms with Crippen molar-refractivity contribution in [3.8, 4) is 0 Å². The van der Waals surface area contributed by atoms with Gasteiger partial charge < -0.3 is 9.80 Å². The number of carbonyl (C=O) groups excluding carboxylic acids is 2. The number of likely N-dealkylation sites (tertiary alicyclic amines) is 1. The summed E-state index contributed by atoms with van der Waals surface area (Å²) in [6.07, 6.45) is 1.82. The molecule has 1 saturated heterocycles. The number of nitrogens with zero attached hydrogens (tertiary/aromatic N) is 3. The molecule has 1 aromatic heterocycles. The highest BCUT2D eigenvalue weighted by atomic mass is 16.2. The topological polar surface area (TPSA) is 53.5 Å². The quantitative estimate of drug-likeness (QED) is 0.822. The number of pyridine rings is 1. The summed E-state index contributed by atoms with van der Waals surface area (Å²) >= 11 is 0. The maximum atomic E-state index is 11.9. The summed E-state index contributed by atoms with van der Waals surface area (Å²) in [6, 6.07) is 5.60. The normalized spacial score (nSPS) is 16.1. The molecule has 1 aromatic rings. The van der Waals surface area contributed by atoms with Crippen molar-refractivity contribution in [2.24, 2.45) is 0 Å². The summed E-state index contributed by atoms with van der Waals surface area (Å²) in [4.78, 5) is 31.1. The highest BCUT2D eigenvalue weighted by Crippen LogP contribution is 2.26. The molecule has 0 unspecified atom stereocenters. The minimum absolute atomic E-state index is 0.0759. The van der Waals surface area contributed by atoms with Gasteiger partial charge in [-0.05, 0) is 25.0 Å². The molecule has 0 aliphatic carbocycles. The van der Waals surface area contributed by atoms with Crippen LogP contribution in [0.5, 0.6) is 0 Å². The molecule has 0 saturated carbocycles. The minimum atomic E-state index is -0.0759. The van der Waals surface area contributed by atoms with Crippen LogP contribution in [0.2, 0.25) is 0 Å². The average Bonchev–Trinajstić information content (AvgIpc) is 2.46. The van der Waals surface area contributed by atoms with Gasteiger partial charge in [0.05, 0.1) is 0 Å². The molecule has 5 heteroatoms. The molecule has 2 rings (SSSR count). The van der Waals surface area contributed by atoms with Crippen LogP contribution in [0.25, 0.3) is 0 Å². The van der Waals surface area contributed by atoms with Gasteiger partial charge in [0.15, 0.2) is 0 Å². The van der Waals surface area contributed by atoms with Gasteiger partial charge in [0.1, 0.15) is 5.69 Å². The Bertz CT molecular complexity index is 506. The number of piperidine rings is 1. The third-order valence-electron chi connectivity index (χ3n) is 3.75. The molecule has 108 valence electrons. The first-order chi connectivity index (χ1) is 9.49. The first-order valence-corrected chi connectivity index (χ1v) is 6.93. The van der Waals surface area contributed by atoms with Crippen LogP contribution < -0.4 is 0 Å². The van der Waals surface area contributed by atoms with Crippen molar-refractivity contribution >= 4 is 11.8 Å². The predicted molar refractivity (Wildman–Crippen MR) is 76.5 cm³/mol. The highest BCUT2D eigenvalue weighted by Gasteiger charge is 2.23. The zero-order valence-corrected chi connectivity index (χ0v) is 12.3. The Morgan fingerprint density at radius 3 is 2.45 bits per heavy atom. The molecular formula is C15H21N3O2. The highest BCUT2D eigenvalue weighted by molar-refractivity contribution is 5.91. The minimum Gasteiger partial charge on any atom is -0.343 e. The number of carbonyl (C=O) groups is 2. The van der Waals surface area contributed by atoms with Gasteiger partial charge in [0, 0.05) is 45.7 Å². The first-order valence-electron chi connectivity index (χ1n) is 6.93. The van der Waals surface area contributed by atoms with E-state index in [2.05, 4.69) is 4.98 Å². The molecule has 1 aliphatic rings. The Labute approximate surface area is 119 Å². The van der Waals surface area contributed by atoms with E-state index in [1.54, 1.807) is 27.1 Å². The van der Waals surface area contributed by atoms with E-state index >= 15 is 0 Å². The van der Waals surface area contributed by atoms with Gasteiger partial charge in [-0.2, -0.15) is 0 Å². The fraction of sp³-hybridized carbons (Fsp3) is 0.533. The van der Waals surface area contributed by atoms with Crippen LogP contribution >= 0.6 is 0 Å². The van der Waals surface area contributed by atoms with Crippen molar-refractivity contribution in [2.45, 2.75) is 25.7 Å². The molecule has 0 atom stereocenters. The molecule has 1 fully saturated rings. The maximum absolute atomic E-state index is 11.9. The molecular weight excluding hydrogens is 254 g/mol. The summed E-state index contributed by atoms with van der Waals surface area (Å²) in [6.45, 7) is 3.15. The third kappa shape index (κ3) is 3.15. The Kier molecular flexibility index (Phi) is 4.37. The van der Waals surface area contributed by atoms with Crippen molar-refractivity contribution in [1.29, 1.82) is 0 Å². The van der Waals surface area contributed by atoms with E-state index in [1.165, 1.54) is 4.90 Å². The first kappa shape index (κ1) is 14.5.